The van der Waals surface area contributed by atoms with Crippen molar-refractivity contribution in [3.05, 3.63) is 58.6 Å². The van der Waals surface area contributed by atoms with Gasteiger partial charge < -0.3 is 15.4 Å². The van der Waals surface area contributed by atoms with E-state index in [9.17, 15) is 14.4 Å². The summed E-state index contributed by atoms with van der Waals surface area (Å²) < 4.78 is 5.48. The number of aryl methyl sites for hydroxylation is 1. The molecule has 9 heteroatoms. The van der Waals surface area contributed by atoms with Crippen LogP contribution in [0.15, 0.2) is 47.6 Å². The lowest BCUT2D eigenvalue weighted by atomic mass is 10.1. The third-order valence-corrected chi connectivity index (χ3v) is 4.66. The number of rotatable bonds is 10. The average molecular weight is 459 g/mol. The van der Waals surface area contributed by atoms with Crippen LogP contribution in [0.1, 0.15) is 37.8 Å². The lowest BCUT2D eigenvalue weighted by Crippen LogP contribution is -2.38. The molecule has 0 saturated heterocycles. The van der Waals surface area contributed by atoms with Gasteiger partial charge in [0.1, 0.15) is 5.75 Å². The first-order valence-electron chi connectivity index (χ1n) is 10.3. The summed E-state index contributed by atoms with van der Waals surface area (Å²) in [6.45, 7) is 4.28. The number of halogens is 1. The van der Waals surface area contributed by atoms with Crippen molar-refractivity contribution in [3.63, 3.8) is 0 Å². The van der Waals surface area contributed by atoms with Crippen LogP contribution < -0.4 is 20.8 Å². The first kappa shape index (κ1) is 24.9. The number of nitrogens with one attached hydrogen (secondary N) is 3. The number of hydrogen-bond donors (Lipinski definition) is 3. The first-order chi connectivity index (χ1) is 15.4. The highest BCUT2D eigenvalue weighted by Crippen LogP contribution is 2.25. The second-order valence-electron chi connectivity index (χ2n) is 6.89. The van der Waals surface area contributed by atoms with Gasteiger partial charge in [0.05, 0.1) is 11.2 Å². The molecule has 8 nitrogen and oxygen atoms in total. The molecular weight excluding hydrogens is 432 g/mol. The fourth-order valence-corrected chi connectivity index (χ4v) is 2.80. The van der Waals surface area contributed by atoms with E-state index in [4.69, 9.17) is 16.3 Å². The van der Waals surface area contributed by atoms with E-state index < -0.39 is 11.8 Å². The zero-order valence-corrected chi connectivity index (χ0v) is 18.9. The molecule has 0 bridgehead atoms. The third-order valence-electron chi connectivity index (χ3n) is 4.36. The monoisotopic (exact) mass is 458 g/mol. The van der Waals surface area contributed by atoms with Crippen molar-refractivity contribution < 1.29 is 19.1 Å². The molecule has 0 radical (unpaired) electrons. The van der Waals surface area contributed by atoms with Crippen LogP contribution in [-0.4, -0.2) is 37.1 Å². The minimum absolute atomic E-state index is 0.202. The van der Waals surface area contributed by atoms with Gasteiger partial charge in [-0.25, -0.2) is 5.43 Å². The minimum Gasteiger partial charge on any atom is -0.482 e. The summed E-state index contributed by atoms with van der Waals surface area (Å²) in [5.74, 6) is -1.56. The molecule has 0 unspecified atom stereocenters. The number of ether oxygens (including phenoxy) is 1. The Morgan fingerprint density at radius 1 is 1.06 bits per heavy atom. The molecule has 0 fully saturated rings. The van der Waals surface area contributed by atoms with E-state index >= 15 is 0 Å². The second kappa shape index (κ2) is 13.1. The molecule has 2 rings (SSSR count). The fourth-order valence-electron chi connectivity index (χ4n) is 2.55. The van der Waals surface area contributed by atoms with Crippen molar-refractivity contribution >= 4 is 41.2 Å². The largest absolute Gasteiger partial charge is 0.482 e. The Morgan fingerprint density at radius 2 is 1.81 bits per heavy atom. The van der Waals surface area contributed by atoms with Gasteiger partial charge in [-0.1, -0.05) is 44.0 Å². The number of nitrogens with zero attached hydrogens (tertiary/aromatic N) is 1. The molecular formula is C23H27ClN4O4. The number of unbranched alkanes of at least 4 members (excludes halogenated alkanes) is 1. The molecule has 0 saturated carbocycles. The van der Waals surface area contributed by atoms with Gasteiger partial charge in [0, 0.05) is 12.2 Å². The number of benzene rings is 2. The standard InChI is InChI=1S/C23H27ClN4O4/c1-3-5-12-25-22(30)23(31)28-26-14-17-8-11-20(19(24)13-17)32-15-21(29)27-18-9-6-16(4-2)7-10-18/h6-11,13-14H,3-5,12,15H2,1-2H3,(H,25,30)(H,27,29)(H,28,31)/b26-14-. The van der Waals surface area contributed by atoms with E-state index in [1.165, 1.54) is 11.8 Å². The van der Waals surface area contributed by atoms with Gasteiger partial charge in [0.2, 0.25) is 0 Å². The Kier molecular flexibility index (Phi) is 10.2. The Bertz CT molecular complexity index is 961. The number of carbonyl (C=O) groups excluding carboxylic acids is 3. The van der Waals surface area contributed by atoms with Crippen LogP contribution in [0.5, 0.6) is 5.75 Å². The van der Waals surface area contributed by atoms with Gasteiger partial charge in [-0.2, -0.15) is 5.10 Å². The van der Waals surface area contributed by atoms with E-state index in [0.717, 1.165) is 19.3 Å². The summed E-state index contributed by atoms with van der Waals surface area (Å²) >= 11 is 6.20. The maximum Gasteiger partial charge on any atom is 0.329 e. The molecule has 3 N–H and O–H groups in total. The Morgan fingerprint density at radius 3 is 2.47 bits per heavy atom. The number of amides is 3. The molecule has 2 aromatic rings. The average Bonchev–Trinajstić information content (AvgIpc) is 2.79. The molecule has 3 amide bonds. The van der Waals surface area contributed by atoms with E-state index in [1.807, 2.05) is 31.2 Å². The molecule has 0 spiro atoms. The zero-order valence-electron chi connectivity index (χ0n) is 18.1. The molecule has 170 valence electrons. The molecule has 0 aliphatic heterocycles. The summed E-state index contributed by atoms with van der Waals surface area (Å²) in [4.78, 5) is 35.3. The molecule has 32 heavy (non-hydrogen) atoms. The lowest BCUT2D eigenvalue weighted by Gasteiger charge is -2.09. The van der Waals surface area contributed by atoms with Crippen molar-refractivity contribution in [3.8, 4) is 5.75 Å². The summed E-state index contributed by atoms with van der Waals surface area (Å²) in [5, 5.41) is 9.28. The van der Waals surface area contributed by atoms with E-state index in [0.29, 0.717) is 23.5 Å². The van der Waals surface area contributed by atoms with Gasteiger partial charge >= 0.3 is 11.8 Å². The van der Waals surface area contributed by atoms with Crippen LogP contribution in [-0.2, 0) is 20.8 Å². The normalized spacial score (nSPS) is 10.6. The first-order valence-corrected chi connectivity index (χ1v) is 10.7. The predicted octanol–water partition coefficient (Wildman–Crippen LogP) is 3.29. The van der Waals surface area contributed by atoms with Crippen molar-refractivity contribution in [2.24, 2.45) is 5.10 Å². The number of hydrogen-bond acceptors (Lipinski definition) is 5. The van der Waals surface area contributed by atoms with Crippen molar-refractivity contribution in [2.45, 2.75) is 33.1 Å². The van der Waals surface area contributed by atoms with Crippen LogP contribution in [0.4, 0.5) is 5.69 Å². The highest BCUT2D eigenvalue weighted by molar-refractivity contribution is 6.35. The molecule has 0 heterocycles. The third kappa shape index (κ3) is 8.39. The number of anilines is 1. The van der Waals surface area contributed by atoms with Crippen molar-refractivity contribution in [1.82, 2.24) is 10.7 Å². The van der Waals surface area contributed by atoms with Crippen molar-refractivity contribution in [1.29, 1.82) is 0 Å². The molecule has 0 aromatic heterocycles. The Balaban J connectivity index is 1.81. The van der Waals surface area contributed by atoms with Crippen LogP contribution in [0, 0.1) is 0 Å². The number of carbonyl (C=O) groups is 3. The smallest absolute Gasteiger partial charge is 0.329 e. The quantitative estimate of drug-likeness (QED) is 0.219. The summed E-state index contributed by atoms with van der Waals surface area (Å²) in [5.41, 5.74) is 4.61. The van der Waals surface area contributed by atoms with Crippen LogP contribution in [0.2, 0.25) is 5.02 Å². The summed E-state index contributed by atoms with van der Waals surface area (Å²) in [6.07, 6.45) is 3.98. The minimum atomic E-state index is -0.848. The lowest BCUT2D eigenvalue weighted by molar-refractivity contribution is -0.139. The highest BCUT2D eigenvalue weighted by Gasteiger charge is 2.11. The fraction of sp³-hybridized carbons (Fsp3) is 0.304. The molecule has 2 aromatic carbocycles. The predicted molar refractivity (Wildman–Crippen MR) is 125 cm³/mol. The molecule has 0 aliphatic carbocycles. The Labute approximate surface area is 192 Å². The highest BCUT2D eigenvalue weighted by atomic mass is 35.5. The van der Waals surface area contributed by atoms with Crippen LogP contribution in [0.3, 0.4) is 0 Å². The van der Waals surface area contributed by atoms with E-state index in [2.05, 4.69) is 28.1 Å². The summed E-state index contributed by atoms with van der Waals surface area (Å²) in [6, 6.07) is 12.4. The molecule has 0 atom stereocenters. The van der Waals surface area contributed by atoms with Gasteiger partial charge in [-0.3, -0.25) is 14.4 Å². The molecule has 0 aliphatic rings. The second-order valence-corrected chi connectivity index (χ2v) is 7.29. The van der Waals surface area contributed by atoms with Gasteiger partial charge in [-0.05, 0) is 54.3 Å². The van der Waals surface area contributed by atoms with Crippen LogP contribution >= 0.6 is 11.6 Å². The maximum atomic E-state index is 12.1. The van der Waals surface area contributed by atoms with Gasteiger partial charge in [0.15, 0.2) is 6.61 Å². The maximum absolute atomic E-state index is 12.1. The topological polar surface area (TPSA) is 109 Å². The Hall–Kier alpha value is -3.39. The SMILES string of the molecule is CCCCNC(=O)C(=O)N/N=C\c1ccc(OCC(=O)Nc2ccc(CC)cc2)c(Cl)c1. The van der Waals surface area contributed by atoms with Crippen LogP contribution in [0.25, 0.3) is 0 Å². The van der Waals surface area contributed by atoms with E-state index in [-0.39, 0.29) is 17.5 Å². The van der Waals surface area contributed by atoms with Gasteiger partial charge in [-0.15, -0.1) is 0 Å². The zero-order chi connectivity index (χ0) is 23.3. The van der Waals surface area contributed by atoms with E-state index in [1.54, 1.807) is 18.2 Å². The van der Waals surface area contributed by atoms with Gasteiger partial charge in [0.25, 0.3) is 5.91 Å². The summed E-state index contributed by atoms with van der Waals surface area (Å²) in [7, 11) is 0. The number of hydrazone groups is 1. The van der Waals surface area contributed by atoms with Crippen molar-refractivity contribution in [2.75, 3.05) is 18.5 Å².